The Hall–Kier alpha value is -1.62. The van der Waals surface area contributed by atoms with Gasteiger partial charge >= 0.3 is 0 Å². The molecule has 0 aliphatic heterocycles. The molecule has 5 heteroatoms. The van der Waals surface area contributed by atoms with Crippen LogP contribution < -0.4 is 11.1 Å². The number of anilines is 1. The van der Waals surface area contributed by atoms with Crippen LogP contribution in [-0.4, -0.2) is 28.6 Å². The average Bonchev–Trinajstić information content (AvgIpc) is 2.26. The summed E-state index contributed by atoms with van der Waals surface area (Å²) >= 11 is 0. The van der Waals surface area contributed by atoms with Gasteiger partial charge in [0.1, 0.15) is 5.82 Å². The van der Waals surface area contributed by atoms with Crippen molar-refractivity contribution in [2.45, 2.75) is 19.4 Å². The van der Waals surface area contributed by atoms with Gasteiger partial charge in [-0.1, -0.05) is 6.92 Å². The summed E-state index contributed by atoms with van der Waals surface area (Å²) in [5.74, 6) is 0.129. The van der Waals surface area contributed by atoms with Crippen molar-refractivity contribution < 1.29 is 9.90 Å². The van der Waals surface area contributed by atoms with E-state index in [4.69, 9.17) is 10.8 Å². The molecule has 1 aromatic rings. The Morgan fingerprint density at radius 2 is 2.40 bits per heavy atom. The molecule has 0 spiro atoms. The molecule has 1 atom stereocenters. The van der Waals surface area contributed by atoms with Gasteiger partial charge in [-0.3, -0.25) is 4.79 Å². The van der Waals surface area contributed by atoms with Crippen LogP contribution in [0.25, 0.3) is 0 Å². The third kappa shape index (κ3) is 3.21. The van der Waals surface area contributed by atoms with E-state index in [1.165, 1.54) is 6.20 Å². The second-order valence-electron chi connectivity index (χ2n) is 3.23. The van der Waals surface area contributed by atoms with Crippen LogP contribution in [0.1, 0.15) is 23.7 Å². The number of nitrogens with one attached hydrogen (secondary N) is 1. The molecule has 5 nitrogen and oxygen atoms in total. The zero-order valence-electron chi connectivity index (χ0n) is 8.60. The van der Waals surface area contributed by atoms with E-state index in [2.05, 4.69) is 10.3 Å². The molecular weight excluding hydrogens is 194 g/mol. The highest BCUT2D eigenvalue weighted by Gasteiger charge is 2.10. The van der Waals surface area contributed by atoms with Crippen LogP contribution in [0, 0.1) is 0 Å². The summed E-state index contributed by atoms with van der Waals surface area (Å²) in [6.07, 6.45) is 2.10. The standard InChI is InChI=1S/C10H15N3O2/c1-2-8(6-14)13-10(15)7-3-4-9(11)12-5-7/h3-5,8,14H,2,6H2,1H3,(H2,11,12)(H,13,15)/t8-/m1/s1. The second kappa shape index (κ2) is 5.31. The van der Waals surface area contributed by atoms with Gasteiger partial charge in [-0.15, -0.1) is 0 Å². The normalized spacial score (nSPS) is 12.1. The van der Waals surface area contributed by atoms with Crippen LogP contribution >= 0.6 is 0 Å². The lowest BCUT2D eigenvalue weighted by Crippen LogP contribution is -2.36. The minimum atomic E-state index is -0.247. The van der Waals surface area contributed by atoms with Crippen LogP contribution in [0.3, 0.4) is 0 Å². The lowest BCUT2D eigenvalue weighted by molar-refractivity contribution is 0.0914. The molecule has 0 radical (unpaired) electrons. The lowest BCUT2D eigenvalue weighted by atomic mass is 10.2. The molecule has 0 bridgehead atoms. The van der Waals surface area contributed by atoms with Gasteiger partial charge in [0.2, 0.25) is 0 Å². The molecule has 4 N–H and O–H groups in total. The first-order chi connectivity index (χ1) is 7.17. The summed E-state index contributed by atoms with van der Waals surface area (Å²) < 4.78 is 0. The van der Waals surface area contributed by atoms with E-state index >= 15 is 0 Å². The van der Waals surface area contributed by atoms with Gasteiger partial charge in [0.25, 0.3) is 5.91 Å². The molecule has 1 heterocycles. The molecule has 1 rings (SSSR count). The van der Waals surface area contributed by atoms with Gasteiger partial charge in [0.05, 0.1) is 18.2 Å². The SMILES string of the molecule is CC[C@H](CO)NC(=O)c1ccc(N)nc1. The van der Waals surface area contributed by atoms with E-state index in [0.29, 0.717) is 17.8 Å². The van der Waals surface area contributed by atoms with Gasteiger partial charge in [0.15, 0.2) is 0 Å². The zero-order valence-corrected chi connectivity index (χ0v) is 8.60. The predicted molar refractivity (Wildman–Crippen MR) is 57.3 cm³/mol. The van der Waals surface area contributed by atoms with Crippen molar-refractivity contribution >= 4 is 11.7 Å². The number of hydrogen-bond acceptors (Lipinski definition) is 4. The topological polar surface area (TPSA) is 88.2 Å². The molecule has 82 valence electrons. The third-order valence-electron chi connectivity index (χ3n) is 2.10. The van der Waals surface area contributed by atoms with Gasteiger partial charge < -0.3 is 16.2 Å². The quantitative estimate of drug-likeness (QED) is 0.659. The van der Waals surface area contributed by atoms with Crippen molar-refractivity contribution in [1.82, 2.24) is 10.3 Å². The number of aliphatic hydroxyl groups is 1. The Morgan fingerprint density at radius 3 is 2.87 bits per heavy atom. The highest BCUT2D eigenvalue weighted by molar-refractivity contribution is 5.94. The van der Waals surface area contributed by atoms with E-state index in [-0.39, 0.29) is 18.6 Å². The number of carbonyl (C=O) groups is 1. The molecule has 0 saturated heterocycles. The number of carbonyl (C=O) groups excluding carboxylic acids is 1. The first-order valence-electron chi connectivity index (χ1n) is 4.80. The van der Waals surface area contributed by atoms with Gasteiger partial charge in [0, 0.05) is 6.20 Å². The summed E-state index contributed by atoms with van der Waals surface area (Å²) in [7, 11) is 0. The maximum atomic E-state index is 11.6. The summed E-state index contributed by atoms with van der Waals surface area (Å²) in [4.78, 5) is 15.4. The fourth-order valence-electron chi connectivity index (χ4n) is 1.09. The van der Waals surface area contributed by atoms with Gasteiger partial charge in [-0.25, -0.2) is 4.98 Å². The van der Waals surface area contributed by atoms with Crippen molar-refractivity contribution in [2.24, 2.45) is 0 Å². The maximum Gasteiger partial charge on any atom is 0.253 e. The Bertz CT molecular complexity index is 320. The number of nitrogen functional groups attached to an aromatic ring is 1. The highest BCUT2D eigenvalue weighted by Crippen LogP contribution is 2.02. The van der Waals surface area contributed by atoms with E-state index in [9.17, 15) is 4.79 Å². The molecule has 0 aromatic carbocycles. The van der Waals surface area contributed by atoms with Crippen LogP contribution in [0.15, 0.2) is 18.3 Å². The number of aliphatic hydroxyl groups excluding tert-OH is 1. The van der Waals surface area contributed by atoms with Crippen molar-refractivity contribution in [3.05, 3.63) is 23.9 Å². The fourth-order valence-corrected chi connectivity index (χ4v) is 1.09. The summed E-state index contributed by atoms with van der Waals surface area (Å²) in [5, 5.41) is 11.6. The largest absolute Gasteiger partial charge is 0.394 e. The Labute approximate surface area is 88.3 Å². The van der Waals surface area contributed by atoms with Gasteiger partial charge in [-0.05, 0) is 18.6 Å². The van der Waals surface area contributed by atoms with Crippen LogP contribution in [0.5, 0.6) is 0 Å². The zero-order chi connectivity index (χ0) is 11.3. The molecular formula is C10H15N3O2. The Kier molecular flexibility index (Phi) is 4.05. The monoisotopic (exact) mass is 209 g/mol. The molecule has 0 fully saturated rings. The molecule has 0 unspecified atom stereocenters. The molecule has 0 aliphatic rings. The minimum Gasteiger partial charge on any atom is -0.394 e. The third-order valence-corrected chi connectivity index (χ3v) is 2.10. The molecule has 0 aliphatic carbocycles. The molecule has 15 heavy (non-hydrogen) atoms. The molecule has 1 amide bonds. The number of aromatic nitrogens is 1. The Balaban J connectivity index is 2.64. The number of hydrogen-bond donors (Lipinski definition) is 3. The van der Waals surface area contributed by atoms with Crippen LogP contribution in [0.2, 0.25) is 0 Å². The lowest BCUT2D eigenvalue weighted by Gasteiger charge is -2.13. The first kappa shape index (κ1) is 11.5. The molecule has 1 aromatic heterocycles. The number of amides is 1. The number of nitrogens with two attached hydrogens (primary N) is 1. The number of nitrogens with zero attached hydrogens (tertiary/aromatic N) is 1. The average molecular weight is 209 g/mol. The maximum absolute atomic E-state index is 11.6. The van der Waals surface area contributed by atoms with Gasteiger partial charge in [-0.2, -0.15) is 0 Å². The fraction of sp³-hybridized carbons (Fsp3) is 0.400. The Morgan fingerprint density at radius 1 is 1.67 bits per heavy atom. The second-order valence-corrected chi connectivity index (χ2v) is 3.23. The van der Waals surface area contributed by atoms with Crippen molar-refractivity contribution in [2.75, 3.05) is 12.3 Å². The first-order valence-corrected chi connectivity index (χ1v) is 4.80. The van der Waals surface area contributed by atoms with Crippen LogP contribution in [-0.2, 0) is 0 Å². The minimum absolute atomic E-state index is 0.0648. The summed E-state index contributed by atoms with van der Waals surface area (Å²) in [5.41, 5.74) is 5.84. The summed E-state index contributed by atoms with van der Waals surface area (Å²) in [6.45, 7) is 1.83. The predicted octanol–water partition coefficient (Wildman–Crippen LogP) is 0.164. The van der Waals surface area contributed by atoms with Crippen molar-refractivity contribution in [3.8, 4) is 0 Å². The van der Waals surface area contributed by atoms with Crippen molar-refractivity contribution in [3.63, 3.8) is 0 Å². The van der Waals surface area contributed by atoms with E-state index < -0.39 is 0 Å². The van der Waals surface area contributed by atoms with E-state index in [1.807, 2.05) is 6.92 Å². The number of rotatable bonds is 4. The highest BCUT2D eigenvalue weighted by atomic mass is 16.3. The van der Waals surface area contributed by atoms with E-state index in [0.717, 1.165) is 0 Å². The molecule has 0 saturated carbocycles. The van der Waals surface area contributed by atoms with Crippen molar-refractivity contribution in [1.29, 1.82) is 0 Å². The van der Waals surface area contributed by atoms with E-state index in [1.54, 1.807) is 12.1 Å². The smallest absolute Gasteiger partial charge is 0.253 e. The number of pyridine rings is 1. The van der Waals surface area contributed by atoms with Crippen LogP contribution in [0.4, 0.5) is 5.82 Å². The summed E-state index contributed by atoms with van der Waals surface area (Å²) in [6, 6.07) is 2.95.